The van der Waals surface area contributed by atoms with Crippen LogP contribution >= 0.6 is 23.4 Å². The highest BCUT2D eigenvalue weighted by molar-refractivity contribution is 7.99. The highest BCUT2D eigenvalue weighted by Crippen LogP contribution is 2.28. The fourth-order valence-electron chi connectivity index (χ4n) is 3.15. The Hall–Kier alpha value is -4.15. The zero-order valence-corrected chi connectivity index (χ0v) is 20.3. The van der Waals surface area contributed by atoms with Gasteiger partial charge in [0.05, 0.1) is 12.0 Å². The van der Waals surface area contributed by atoms with E-state index in [1.807, 2.05) is 47.0 Å². The van der Waals surface area contributed by atoms with Gasteiger partial charge in [-0.1, -0.05) is 65.8 Å². The Kier molecular flexibility index (Phi) is 8.32. The van der Waals surface area contributed by atoms with Crippen molar-refractivity contribution in [3.05, 3.63) is 89.4 Å². The Labute approximate surface area is 215 Å². The van der Waals surface area contributed by atoms with Gasteiger partial charge < -0.3 is 9.84 Å². The number of ether oxygens (including phenoxy) is 1. The molecule has 0 aliphatic rings. The van der Waals surface area contributed by atoms with Crippen molar-refractivity contribution in [3.8, 4) is 22.8 Å². The molecule has 1 amide bonds. The topological polar surface area (TPSA) is 119 Å². The van der Waals surface area contributed by atoms with Crippen LogP contribution in [-0.4, -0.2) is 50.3 Å². The van der Waals surface area contributed by atoms with E-state index < -0.39 is 12.6 Å². The summed E-state index contributed by atoms with van der Waals surface area (Å²) < 4.78 is 7.09. The van der Waals surface area contributed by atoms with Gasteiger partial charge in [0.15, 0.2) is 17.6 Å². The summed E-state index contributed by atoms with van der Waals surface area (Å²) in [5.74, 6) is -0.427. The number of carboxylic acids is 1. The highest BCUT2D eigenvalue weighted by atomic mass is 35.5. The van der Waals surface area contributed by atoms with Crippen molar-refractivity contribution in [2.24, 2.45) is 5.10 Å². The number of nitrogens with one attached hydrogen (secondary N) is 1. The lowest BCUT2D eigenvalue weighted by molar-refractivity contribution is -0.139. The van der Waals surface area contributed by atoms with Crippen LogP contribution in [0.4, 0.5) is 0 Å². The Balaban J connectivity index is 1.45. The number of thioether (sulfide) groups is 1. The summed E-state index contributed by atoms with van der Waals surface area (Å²) >= 11 is 7.27. The van der Waals surface area contributed by atoms with E-state index in [0.717, 1.165) is 11.3 Å². The Morgan fingerprint density at radius 2 is 1.75 bits per heavy atom. The molecule has 0 spiro atoms. The predicted octanol–water partition coefficient (Wildman–Crippen LogP) is 4.29. The molecule has 182 valence electrons. The van der Waals surface area contributed by atoms with Crippen molar-refractivity contribution in [1.29, 1.82) is 0 Å². The van der Waals surface area contributed by atoms with Gasteiger partial charge in [0, 0.05) is 21.8 Å². The molecule has 0 aliphatic carbocycles. The zero-order chi connectivity index (χ0) is 25.3. The maximum Gasteiger partial charge on any atom is 0.341 e. The van der Waals surface area contributed by atoms with E-state index in [2.05, 4.69) is 20.7 Å². The number of carboxylic acid groups (broad SMARTS) is 1. The van der Waals surface area contributed by atoms with Crippen LogP contribution in [0.3, 0.4) is 0 Å². The standard InChI is InChI=1S/C25H20ClN5O4S/c26-19-10-12-20(13-11-19)31-24(17-6-2-1-3-7-17)29-30-25(31)36-16-22(32)28-27-14-18-8-4-5-9-21(18)35-15-23(33)34/h1-14H,15-16H2,(H,28,32)(H,33,34). The molecule has 0 fully saturated rings. The van der Waals surface area contributed by atoms with E-state index >= 15 is 0 Å². The molecule has 0 unspecified atom stereocenters. The number of rotatable bonds is 10. The van der Waals surface area contributed by atoms with Crippen LogP contribution in [0.15, 0.2) is 89.1 Å². The van der Waals surface area contributed by atoms with Crippen molar-refractivity contribution >= 4 is 41.5 Å². The van der Waals surface area contributed by atoms with Gasteiger partial charge in [0.2, 0.25) is 0 Å². The number of hydrogen-bond acceptors (Lipinski definition) is 7. The van der Waals surface area contributed by atoms with E-state index in [-0.39, 0.29) is 11.7 Å². The largest absolute Gasteiger partial charge is 0.481 e. The number of halogens is 1. The van der Waals surface area contributed by atoms with Crippen molar-refractivity contribution in [2.75, 3.05) is 12.4 Å². The van der Waals surface area contributed by atoms with Gasteiger partial charge in [0.25, 0.3) is 5.91 Å². The smallest absolute Gasteiger partial charge is 0.341 e. The normalized spacial score (nSPS) is 10.9. The fraction of sp³-hybridized carbons (Fsp3) is 0.0800. The van der Waals surface area contributed by atoms with Gasteiger partial charge in [-0.25, -0.2) is 10.2 Å². The minimum absolute atomic E-state index is 0.0367. The van der Waals surface area contributed by atoms with Crippen molar-refractivity contribution in [2.45, 2.75) is 5.16 Å². The Morgan fingerprint density at radius 1 is 1.03 bits per heavy atom. The number of hydrazone groups is 1. The summed E-state index contributed by atoms with van der Waals surface area (Å²) in [5, 5.41) is 22.5. The van der Waals surface area contributed by atoms with E-state index in [4.69, 9.17) is 21.4 Å². The number of carbonyl (C=O) groups is 2. The molecule has 4 rings (SSSR count). The Bertz CT molecular complexity index is 1380. The van der Waals surface area contributed by atoms with Crippen molar-refractivity contribution in [3.63, 3.8) is 0 Å². The minimum Gasteiger partial charge on any atom is -0.481 e. The molecule has 4 aromatic rings. The first-order chi connectivity index (χ1) is 17.5. The van der Waals surface area contributed by atoms with Crippen molar-refractivity contribution < 1.29 is 19.4 Å². The lowest BCUT2D eigenvalue weighted by Crippen LogP contribution is -2.20. The monoisotopic (exact) mass is 521 g/mol. The van der Waals surface area contributed by atoms with E-state index in [1.165, 1.54) is 18.0 Å². The fourth-order valence-corrected chi connectivity index (χ4v) is 4.03. The molecular formula is C25H20ClN5O4S. The maximum atomic E-state index is 12.4. The molecule has 9 nitrogen and oxygen atoms in total. The first-order valence-electron chi connectivity index (χ1n) is 10.7. The van der Waals surface area contributed by atoms with Crippen LogP contribution < -0.4 is 10.2 Å². The number of amides is 1. The molecule has 0 bridgehead atoms. The third kappa shape index (κ3) is 6.49. The molecule has 0 saturated heterocycles. The minimum atomic E-state index is -1.09. The average Bonchev–Trinajstić information content (AvgIpc) is 3.32. The second kappa shape index (κ2) is 12.0. The maximum absolute atomic E-state index is 12.4. The van der Waals surface area contributed by atoms with Crippen LogP contribution in [-0.2, 0) is 9.59 Å². The number of aliphatic carboxylic acids is 1. The summed E-state index contributed by atoms with van der Waals surface area (Å²) in [5.41, 5.74) is 4.68. The Morgan fingerprint density at radius 3 is 2.50 bits per heavy atom. The van der Waals surface area contributed by atoms with Gasteiger partial charge >= 0.3 is 5.97 Å². The van der Waals surface area contributed by atoms with Gasteiger partial charge in [-0.15, -0.1) is 10.2 Å². The molecule has 11 heteroatoms. The first-order valence-corrected chi connectivity index (χ1v) is 12.0. The first kappa shape index (κ1) is 25.0. The number of hydrogen-bond donors (Lipinski definition) is 2. The third-order valence-corrected chi connectivity index (χ3v) is 5.93. The summed E-state index contributed by atoms with van der Waals surface area (Å²) in [7, 11) is 0. The highest BCUT2D eigenvalue weighted by Gasteiger charge is 2.17. The summed E-state index contributed by atoms with van der Waals surface area (Å²) in [6.07, 6.45) is 1.39. The van der Waals surface area contributed by atoms with Gasteiger partial charge in [-0.2, -0.15) is 5.10 Å². The molecule has 0 aliphatic heterocycles. The molecule has 0 radical (unpaired) electrons. The summed E-state index contributed by atoms with van der Waals surface area (Å²) in [4.78, 5) is 23.2. The summed E-state index contributed by atoms with van der Waals surface area (Å²) in [6.45, 7) is -0.479. The zero-order valence-electron chi connectivity index (χ0n) is 18.7. The molecule has 36 heavy (non-hydrogen) atoms. The second-order valence-corrected chi connectivity index (χ2v) is 8.67. The third-order valence-electron chi connectivity index (χ3n) is 4.75. The van der Waals surface area contributed by atoms with E-state index in [9.17, 15) is 9.59 Å². The lowest BCUT2D eigenvalue weighted by atomic mass is 10.2. The number of nitrogens with zero attached hydrogens (tertiary/aromatic N) is 4. The number of benzene rings is 3. The molecule has 0 atom stereocenters. The van der Waals surface area contributed by atoms with E-state index in [1.54, 1.807) is 36.4 Å². The van der Waals surface area contributed by atoms with Crippen LogP contribution in [0, 0.1) is 0 Å². The van der Waals surface area contributed by atoms with Gasteiger partial charge in [-0.05, 0) is 36.4 Å². The molecule has 3 aromatic carbocycles. The number of aromatic nitrogens is 3. The number of para-hydroxylation sites is 1. The lowest BCUT2D eigenvalue weighted by Gasteiger charge is -2.10. The van der Waals surface area contributed by atoms with Crippen LogP contribution in [0.1, 0.15) is 5.56 Å². The van der Waals surface area contributed by atoms with E-state index in [0.29, 0.717) is 27.3 Å². The number of carbonyl (C=O) groups excluding carboxylic acids is 1. The molecule has 2 N–H and O–H groups in total. The van der Waals surface area contributed by atoms with Crippen LogP contribution in [0.5, 0.6) is 5.75 Å². The molecule has 1 aromatic heterocycles. The average molecular weight is 522 g/mol. The second-order valence-electron chi connectivity index (χ2n) is 7.29. The SMILES string of the molecule is O=C(O)COc1ccccc1C=NNC(=O)CSc1nnc(-c2ccccc2)n1-c1ccc(Cl)cc1. The van der Waals surface area contributed by atoms with Crippen molar-refractivity contribution in [1.82, 2.24) is 20.2 Å². The quantitative estimate of drug-likeness (QED) is 0.181. The van der Waals surface area contributed by atoms with Gasteiger partial charge in [-0.3, -0.25) is 9.36 Å². The predicted molar refractivity (Wildman–Crippen MR) is 138 cm³/mol. The molecule has 0 saturated carbocycles. The van der Waals surface area contributed by atoms with Gasteiger partial charge in [0.1, 0.15) is 5.75 Å². The van der Waals surface area contributed by atoms with Crippen LogP contribution in [0.2, 0.25) is 5.02 Å². The van der Waals surface area contributed by atoms with Crippen LogP contribution in [0.25, 0.3) is 17.1 Å². The molecular weight excluding hydrogens is 502 g/mol. The summed E-state index contributed by atoms with van der Waals surface area (Å²) in [6, 6.07) is 23.7. The molecule has 1 heterocycles.